The number of benzene rings is 1. The van der Waals surface area contributed by atoms with Gasteiger partial charge in [-0.2, -0.15) is 0 Å². The molecule has 1 aromatic carbocycles. The summed E-state index contributed by atoms with van der Waals surface area (Å²) in [4.78, 5) is 24.4. The van der Waals surface area contributed by atoms with Crippen molar-refractivity contribution >= 4 is 32.6 Å². The summed E-state index contributed by atoms with van der Waals surface area (Å²) >= 11 is 1.53. The monoisotopic (exact) mass is 392 g/mol. The van der Waals surface area contributed by atoms with Gasteiger partial charge < -0.3 is 5.32 Å². The van der Waals surface area contributed by atoms with Crippen LogP contribution in [0.3, 0.4) is 0 Å². The summed E-state index contributed by atoms with van der Waals surface area (Å²) in [7, 11) is 0. The van der Waals surface area contributed by atoms with Crippen LogP contribution < -0.4 is 10.9 Å². The van der Waals surface area contributed by atoms with Crippen molar-refractivity contribution in [1.29, 1.82) is 0 Å². The zero-order valence-electron chi connectivity index (χ0n) is 16.3. The largest absolute Gasteiger partial charge is 0.302 e. The van der Waals surface area contributed by atoms with Gasteiger partial charge in [0.15, 0.2) is 5.13 Å². The molecule has 0 unspecified atom stereocenters. The summed E-state index contributed by atoms with van der Waals surface area (Å²) in [6.45, 7) is 5.87. The van der Waals surface area contributed by atoms with E-state index < -0.39 is 0 Å². The minimum absolute atomic E-state index is 0.111. The van der Waals surface area contributed by atoms with Crippen LogP contribution in [0, 0.1) is 12.8 Å². The van der Waals surface area contributed by atoms with Gasteiger partial charge in [0.05, 0.1) is 10.2 Å². The van der Waals surface area contributed by atoms with Crippen LogP contribution in [0.2, 0.25) is 0 Å². The first-order valence-electron chi connectivity index (χ1n) is 9.43. The smallest absolute Gasteiger partial charge is 0.255 e. The van der Waals surface area contributed by atoms with Gasteiger partial charge in [0.2, 0.25) is 5.95 Å². The second-order valence-corrected chi connectivity index (χ2v) is 7.14. The molecule has 0 fully saturated rings. The molecule has 0 atom stereocenters. The van der Waals surface area contributed by atoms with E-state index in [2.05, 4.69) is 32.4 Å². The van der Waals surface area contributed by atoms with E-state index in [-0.39, 0.29) is 11.5 Å². The van der Waals surface area contributed by atoms with E-state index >= 15 is 0 Å². The number of aromatic amines is 1. The molecule has 2 heterocycles. The minimum Gasteiger partial charge on any atom is -0.302 e. The summed E-state index contributed by atoms with van der Waals surface area (Å²) in [5.74, 6) is 0.610. The molecule has 1 aliphatic carbocycles. The van der Waals surface area contributed by atoms with E-state index in [1.807, 2.05) is 69.3 Å². The van der Waals surface area contributed by atoms with Gasteiger partial charge in [-0.3, -0.25) is 9.78 Å². The van der Waals surface area contributed by atoms with E-state index in [1.165, 1.54) is 11.3 Å². The van der Waals surface area contributed by atoms with Crippen molar-refractivity contribution < 1.29 is 0 Å². The molecule has 1 aliphatic rings. The third-order valence-corrected chi connectivity index (χ3v) is 5.18. The zero-order chi connectivity index (χ0) is 19.9. The molecule has 2 aromatic heterocycles. The van der Waals surface area contributed by atoms with Crippen LogP contribution in [0.15, 0.2) is 65.5 Å². The van der Waals surface area contributed by atoms with Crippen molar-refractivity contribution in [1.82, 2.24) is 15.0 Å². The third-order valence-electron chi connectivity index (χ3n) is 4.23. The number of anilines is 2. The van der Waals surface area contributed by atoms with Crippen LogP contribution in [-0.2, 0) is 6.42 Å². The number of hydrogen-bond donors (Lipinski definition) is 2. The fourth-order valence-corrected chi connectivity index (χ4v) is 3.78. The van der Waals surface area contributed by atoms with Crippen molar-refractivity contribution in [3.63, 3.8) is 0 Å². The molecule has 0 spiro atoms. The highest BCUT2D eigenvalue weighted by Crippen LogP contribution is 2.27. The Morgan fingerprint density at radius 3 is 2.46 bits per heavy atom. The number of allylic oxidation sites excluding steroid dienone is 6. The highest BCUT2D eigenvalue weighted by molar-refractivity contribution is 7.22. The Morgan fingerprint density at radius 1 is 1.07 bits per heavy atom. The molecule has 0 saturated heterocycles. The van der Waals surface area contributed by atoms with Crippen molar-refractivity contribution in [2.45, 2.75) is 27.2 Å². The molecule has 4 rings (SSSR count). The molecule has 5 nitrogen and oxygen atoms in total. The van der Waals surface area contributed by atoms with E-state index in [0.717, 1.165) is 15.9 Å². The second kappa shape index (κ2) is 9.28. The van der Waals surface area contributed by atoms with Crippen LogP contribution in [0.25, 0.3) is 10.2 Å². The number of fused-ring (bicyclic) bond motifs is 1. The molecule has 0 aliphatic heterocycles. The molecule has 0 radical (unpaired) electrons. The zero-order valence-corrected chi connectivity index (χ0v) is 17.1. The molecule has 0 bridgehead atoms. The van der Waals surface area contributed by atoms with Crippen LogP contribution in [-0.4, -0.2) is 15.0 Å². The van der Waals surface area contributed by atoms with Gasteiger partial charge in [0.25, 0.3) is 5.56 Å². The predicted octanol–water partition coefficient (Wildman–Crippen LogP) is 5.30. The fourth-order valence-electron chi connectivity index (χ4n) is 2.91. The lowest BCUT2D eigenvalue weighted by Crippen LogP contribution is -2.20. The first-order valence-corrected chi connectivity index (χ1v) is 10.2. The Bertz CT molecular complexity index is 1040. The van der Waals surface area contributed by atoms with Gasteiger partial charge in [0, 0.05) is 11.3 Å². The lowest BCUT2D eigenvalue weighted by Gasteiger charge is -2.10. The Hall–Kier alpha value is -2.99. The van der Waals surface area contributed by atoms with Crippen LogP contribution in [0.5, 0.6) is 0 Å². The molecular formula is C22H24N4OS. The number of aromatic nitrogens is 3. The van der Waals surface area contributed by atoms with Gasteiger partial charge in [-0.1, -0.05) is 73.8 Å². The summed E-state index contributed by atoms with van der Waals surface area (Å²) in [5, 5.41) is 3.83. The Morgan fingerprint density at radius 2 is 1.79 bits per heavy atom. The second-order valence-electron chi connectivity index (χ2n) is 6.11. The predicted molar refractivity (Wildman–Crippen MR) is 118 cm³/mol. The van der Waals surface area contributed by atoms with E-state index in [4.69, 9.17) is 0 Å². The van der Waals surface area contributed by atoms with Gasteiger partial charge >= 0.3 is 0 Å². The SMILES string of the molecule is CC.Cc1nc(Nc2nc3ccccc3s2)[nH]c(=O)c1CC1C=CC=CC=C1. The molecule has 3 aromatic rings. The minimum atomic E-state index is -0.111. The fraction of sp³-hybridized carbons (Fsp3) is 0.227. The number of nitrogens with zero attached hydrogens (tertiary/aromatic N) is 2. The van der Waals surface area contributed by atoms with Gasteiger partial charge in [-0.15, -0.1) is 0 Å². The van der Waals surface area contributed by atoms with Gasteiger partial charge in [0.1, 0.15) is 0 Å². The topological polar surface area (TPSA) is 70.7 Å². The summed E-state index contributed by atoms with van der Waals surface area (Å²) < 4.78 is 1.09. The van der Waals surface area contributed by atoms with Gasteiger partial charge in [-0.25, -0.2) is 9.97 Å². The summed E-state index contributed by atoms with van der Waals surface area (Å²) in [6.07, 6.45) is 12.8. The molecule has 0 amide bonds. The normalized spacial score (nSPS) is 13.2. The molecule has 0 saturated carbocycles. The number of aryl methyl sites for hydroxylation is 1. The standard InChI is InChI=1S/C20H18N4OS.C2H6/c1-13-15(12-14-8-4-2-3-5-9-14)18(25)23-19(21-13)24-20-22-16-10-6-7-11-17(16)26-20;1-2/h2-11,14H,12H2,1H3,(H2,21,22,23,24,25);1-2H3. The number of para-hydroxylation sites is 1. The quantitative estimate of drug-likeness (QED) is 0.632. The highest BCUT2D eigenvalue weighted by atomic mass is 32.1. The number of thiazole rings is 1. The number of H-pyrrole nitrogens is 1. The molecule has 2 N–H and O–H groups in total. The Balaban J connectivity index is 0.00000109. The maximum absolute atomic E-state index is 12.6. The van der Waals surface area contributed by atoms with Gasteiger partial charge in [-0.05, 0) is 31.4 Å². The lowest BCUT2D eigenvalue weighted by molar-refractivity contribution is 0.778. The maximum atomic E-state index is 12.6. The van der Waals surface area contributed by atoms with Crippen molar-refractivity contribution in [3.05, 3.63) is 82.3 Å². The number of rotatable bonds is 4. The number of nitrogens with one attached hydrogen (secondary N) is 2. The van der Waals surface area contributed by atoms with Crippen LogP contribution in [0.4, 0.5) is 11.1 Å². The van der Waals surface area contributed by atoms with Crippen LogP contribution >= 0.6 is 11.3 Å². The van der Waals surface area contributed by atoms with E-state index in [0.29, 0.717) is 23.1 Å². The lowest BCUT2D eigenvalue weighted by atomic mass is 9.99. The van der Waals surface area contributed by atoms with Crippen molar-refractivity contribution in [2.24, 2.45) is 5.92 Å². The molecule has 144 valence electrons. The number of hydrogen-bond acceptors (Lipinski definition) is 5. The highest BCUT2D eigenvalue weighted by Gasteiger charge is 2.13. The Kier molecular flexibility index (Phi) is 6.55. The van der Waals surface area contributed by atoms with Crippen LogP contribution in [0.1, 0.15) is 25.1 Å². The first-order chi connectivity index (χ1) is 13.7. The average Bonchev–Trinajstić information content (AvgIpc) is 2.92. The molecule has 28 heavy (non-hydrogen) atoms. The van der Waals surface area contributed by atoms with Crippen molar-refractivity contribution in [3.8, 4) is 0 Å². The first kappa shape index (κ1) is 19.8. The maximum Gasteiger partial charge on any atom is 0.255 e. The van der Waals surface area contributed by atoms with E-state index in [9.17, 15) is 4.79 Å². The van der Waals surface area contributed by atoms with E-state index in [1.54, 1.807) is 0 Å². The summed E-state index contributed by atoms with van der Waals surface area (Å²) in [6, 6.07) is 7.92. The molecule has 6 heteroatoms. The van der Waals surface area contributed by atoms with Crippen molar-refractivity contribution in [2.75, 3.05) is 5.32 Å². The summed E-state index contributed by atoms with van der Waals surface area (Å²) in [5.41, 5.74) is 2.26. The third kappa shape index (κ3) is 4.64. The molecular weight excluding hydrogens is 368 g/mol. The Labute approximate surface area is 168 Å². The average molecular weight is 393 g/mol.